The number of nitrogens with zero attached hydrogens (tertiary/aromatic N) is 1. The molecule has 3 N–H and O–H groups in total. The Kier molecular flexibility index (Phi) is 4.04. The number of rotatable bonds is 5. The lowest BCUT2D eigenvalue weighted by atomic mass is 10.1. The molecule has 0 radical (unpaired) electrons. The Morgan fingerprint density at radius 2 is 2.39 bits per heavy atom. The SMILES string of the molecule is COc1cccc(C2CNC(=O)N2CCCN)c1. The summed E-state index contributed by atoms with van der Waals surface area (Å²) >= 11 is 0. The van der Waals surface area contributed by atoms with Crippen molar-refractivity contribution in [2.24, 2.45) is 5.73 Å². The molecule has 1 fully saturated rings. The summed E-state index contributed by atoms with van der Waals surface area (Å²) in [5, 5.41) is 2.87. The van der Waals surface area contributed by atoms with Gasteiger partial charge < -0.3 is 20.7 Å². The number of carbonyl (C=O) groups excluding carboxylic acids is 1. The van der Waals surface area contributed by atoms with Gasteiger partial charge in [0.2, 0.25) is 0 Å². The smallest absolute Gasteiger partial charge is 0.318 e. The Hall–Kier alpha value is -1.75. The van der Waals surface area contributed by atoms with E-state index in [0.29, 0.717) is 19.6 Å². The van der Waals surface area contributed by atoms with Crippen molar-refractivity contribution in [3.05, 3.63) is 29.8 Å². The summed E-state index contributed by atoms with van der Waals surface area (Å²) in [6.45, 7) is 1.91. The fourth-order valence-electron chi connectivity index (χ4n) is 2.20. The lowest BCUT2D eigenvalue weighted by Gasteiger charge is -2.23. The van der Waals surface area contributed by atoms with E-state index in [1.807, 2.05) is 29.2 Å². The van der Waals surface area contributed by atoms with Crippen LogP contribution in [0.2, 0.25) is 0 Å². The minimum atomic E-state index is -0.0173. The topological polar surface area (TPSA) is 67.6 Å². The number of methoxy groups -OCH3 is 1. The van der Waals surface area contributed by atoms with E-state index in [1.165, 1.54) is 0 Å². The van der Waals surface area contributed by atoms with Gasteiger partial charge in [-0.2, -0.15) is 0 Å². The second-order valence-electron chi connectivity index (χ2n) is 4.31. The van der Waals surface area contributed by atoms with Crippen molar-refractivity contribution in [2.45, 2.75) is 12.5 Å². The molecular weight excluding hydrogens is 230 g/mol. The molecule has 0 bridgehead atoms. The Morgan fingerprint density at radius 1 is 1.56 bits per heavy atom. The number of hydrogen-bond donors (Lipinski definition) is 2. The van der Waals surface area contributed by atoms with E-state index < -0.39 is 0 Å². The molecule has 98 valence electrons. The first kappa shape index (κ1) is 12.7. The molecule has 0 aliphatic carbocycles. The maximum absolute atomic E-state index is 11.8. The lowest BCUT2D eigenvalue weighted by molar-refractivity contribution is 0.203. The highest BCUT2D eigenvalue weighted by Gasteiger charge is 2.31. The van der Waals surface area contributed by atoms with Gasteiger partial charge in [0, 0.05) is 13.1 Å². The van der Waals surface area contributed by atoms with Crippen LogP contribution < -0.4 is 15.8 Å². The Morgan fingerprint density at radius 3 is 3.11 bits per heavy atom. The predicted molar refractivity (Wildman–Crippen MR) is 69.5 cm³/mol. The molecule has 0 aromatic heterocycles. The van der Waals surface area contributed by atoms with E-state index in [1.54, 1.807) is 7.11 Å². The zero-order valence-corrected chi connectivity index (χ0v) is 10.6. The number of hydrogen-bond acceptors (Lipinski definition) is 3. The summed E-state index contributed by atoms with van der Waals surface area (Å²) in [5.41, 5.74) is 6.59. The van der Waals surface area contributed by atoms with Crippen molar-refractivity contribution in [3.63, 3.8) is 0 Å². The predicted octanol–water partition coefficient (Wildman–Crippen LogP) is 1.11. The van der Waals surface area contributed by atoms with Crippen LogP contribution in [0.3, 0.4) is 0 Å². The molecule has 1 aromatic rings. The summed E-state index contributed by atoms with van der Waals surface area (Å²) in [6.07, 6.45) is 0.813. The van der Waals surface area contributed by atoms with Gasteiger partial charge in [-0.3, -0.25) is 0 Å². The fraction of sp³-hybridized carbons (Fsp3) is 0.462. The summed E-state index contributed by atoms with van der Waals surface area (Å²) in [5.74, 6) is 0.811. The molecule has 5 heteroatoms. The Bertz CT molecular complexity index is 422. The zero-order valence-electron chi connectivity index (χ0n) is 10.6. The molecule has 1 saturated heterocycles. The number of nitrogens with one attached hydrogen (secondary N) is 1. The molecule has 5 nitrogen and oxygen atoms in total. The van der Waals surface area contributed by atoms with Gasteiger partial charge in [0.25, 0.3) is 0 Å². The summed E-state index contributed by atoms with van der Waals surface area (Å²) in [4.78, 5) is 13.6. The van der Waals surface area contributed by atoms with Gasteiger partial charge in [0.1, 0.15) is 5.75 Å². The van der Waals surface area contributed by atoms with Crippen molar-refractivity contribution >= 4 is 6.03 Å². The maximum atomic E-state index is 11.8. The Balaban J connectivity index is 2.17. The van der Waals surface area contributed by atoms with Gasteiger partial charge in [-0.25, -0.2) is 4.79 Å². The average Bonchev–Trinajstić information content (AvgIpc) is 2.77. The van der Waals surface area contributed by atoms with E-state index in [0.717, 1.165) is 17.7 Å². The minimum Gasteiger partial charge on any atom is -0.497 e. The first-order chi connectivity index (χ1) is 8.76. The van der Waals surface area contributed by atoms with Crippen LogP contribution in [-0.4, -0.2) is 37.7 Å². The van der Waals surface area contributed by atoms with E-state index in [-0.39, 0.29) is 12.1 Å². The molecule has 2 amide bonds. The molecule has 1 aromatic carbocycles. The molecule has 1 atom stereocenters. The van der Waals surface area contributed by atoms with E-state index >= 15 is 0 Å². The minimum absolute atomic E-state index is 0.0173. The zero-order chi connectivity index (χ0) is 13.0. The number of nitrogens with two attached hydrogens (primary N) is 1. The summed E-state index contributed by atoms with van der Waals surface area (Å²) < 4.78 is 5.21. The van der Waals surface area contributed by atoms with Crippen LogP contribution in [0.5, 0.6) is 5.75 Å². The van der Waals surface area contributed by atoms with Gasteiger partial charge in [0.15, 0.2) is 0 Å². The van der Waals surface area contributed by atoms with E-state index in [9.17, 15) is 4.79 Å². The first-order valence-electron chi connectivity index (χ1n) is 6.14. The van der Waals surface area contributed by atoms with Crippen LogP contribution in [-0.2, 0) is 0 Å². The second kappa shape index (κ2) is 5.73. The van der Waals surface area contributed by atoms with Gasteiger partial charge in [-0.15, -0.1) is 0 Å². The third kappa shape index (κ3) is 2.56. The summed E-state index contributed by atoms with van der Waals surface area (Å²) in [6, 6.07) is 7.88. The fourth-order valence-corrected chi connectivity index (χ4v) is 2.20. The highest BCUT2D eigenvalue weighted by atomic mass is 16.5. The first-order valence-corrected chi connectivity index (χ1v) is 6.14. The van der Waals surface area contributed by atoms with Crippen molar-refractivity contribution in [1.29, 1.82) is 0 Å². The van der Waals surface area contributed by atoms with Gasteiger partial charge in [-0.05, 0) is 30.7 Å². The molecular formula is C13H19N3O2. The second-order valence-corrected chi connectivity index (χ2v) is 4.31. The molecule has 1 aliphatic heterocycles. The molecule has 2 rings (SSSR count). The lowest BCUT2D eigenvalue weighted by Crippen LogP contribution is -2.31. The van der Waals surface area contributed by atoms with Crippen LogP contribution in [0.15, 0.2) is 24.3 Å². The number of urea groups is 1. The van der Waals surface area contributed by atoms with Gasteiger partial charge in [-0.1, -0.05) is 12.1 Å². The number of ether oxygens (including phenoxy) is 1. The molecule has 1 unspecified atom stereocenters. The third-order valence-electron chi connectivity index (χ3n) is 3.17. The van der Waals surface area contributed by atoms with Crippen molar-refractivity contribution in [1.82, 2.24) is 10.2 Å². The van der Waals surface area contributed by atoms with Crippen molar-refractivity contribution in [3.8, 4) is 5.75 Å². The largest absolute Gasteiger partial charge is 0.497 e. The van der Waals surface area contributed by atoms with E-state index in [2.05, 4.69) is 5.32 Å². The number of benzene rings is 1. The normalized spacial score (nSPS) is 18.9. The quantitative estimate of drug-likeness (QED) is 0.821. The average molecular weight is 249 g/mol. The van der Waals surface area contributed by atoms with Crippen LogP contribution in [0.4, 0.5) is 4.79 Å². The maximum Gasteiger partial charge on any atom is 0.318 e. The highest BCUT2D eigenvalue weighted by Crippen LogP contribution is 2.27. The Labute approximate surface area is 107 Å². The molecule has 1 heterocycles. The molecule has 1 aliphatic rings. The third-order valence-corrected chi connectivity index (χ3v) is 3.17. The van der Waals surface area contributed by atoms with Crippen LogP contribution in [0, 0.1) is 0 Å². The van der Waals surface area contributed by atoms with Crippen LogP contribution in [0.25, 0.3) is 0 Å². The number of carbonyl (C=O) groups is 1. The molecule has 0 saturated carbocycles. The molecule has 18 heavy (non-hydrogen) atoms. The molecule has 0 spiro atoms. The van der Waals surface area contributed by atoms with Gasteiger partial charge in [0.05, 0.1) is 13.2 Å². The summed E-state index contributed by atoms with van der Waals surface area (Å²) in [7, 11) is 1.64. The number of amides is 2. The monoisotopic (exact) mass is 249 g/mol. The van der Waals surface area contributed by atoms with E-state index in [4.69, 9.17) is 10.5 Å². The van der Waals surface area contributed by atoms with Crippen LogP contribution in [0.1, 0.15) is 18.0 Å². The van der Waals surface area contributed by atoms with Crippen molar-refractivity contribution < 1.29 is 9.53 Å². The highest BCUT2D eigenvalue weighted by molar-refractivity contribution is 5.77. The standard InChI is InChI=1S/C13H19N3O2/c1-18-11-5-2-4-10(8-11)12-9-15-13(17)16(12)7-3-6-14/h2,4-5,8,12H,3,6-7,9,14H2,1H3,(H,15,17). The van der Waals surface area contributed by atoms with Crippen LogP contribution >= 0.6 is 0 Å². The van der Waals surface area contributed by atoms with Crippen molar-refractivity contribution in [2.75, 3.05) is 26.7 Å². The van der Waals surface area contributed by atoms with Gasteiger partial charge >= 0.3 is 6.03 Å².